The van der Waals surface area contributed by atoms with E-state index in [0.717, 1.165) is 5.56 Å². The van der Waals surface area contributed by atoms with Gasteiger partial charge in [-0.15, -0.1) is 0 Å². The number of rotatable bonds is 5. The van der Waals surface area contributed by atoms with Crippen LogP contribution in [0.15, 0.2) is 55.1 Å². The lowest BCUT2D eigenvalue weighted by Crippen LogP contribution is -2.27. The summed E-state index contributed by atoms with van der Waals surface area (Å²) in [5.41, 5.74) is 2.77. The van der Waals surface area contributed by atoms with Gasteiger partial charge in [-0.3, -0.25) is 9.59 Å². The van der Waals surface area contributed by atoms with Crippen LogP contribution < -0.4 is 10.1 Å². The van der Waals surface area contributed by atoms with Gasteiger partial charge in [-0.2, -0.15) is 0 Å². The fraction of sp³-hybridized carbons (Fsp3) is 0.158. The number of ether oxygens (including phenoxy) is 1. The van der Waals surface area contributed by atoms with Crippen molar-refractivity contribution in [2.24, 2.45) is 0 Å². The summed E-state index contributed by atoms with van der Waals surface area (Å²) in [6, 6.07) is 14.5. The Morgan fingerprint density at radius 2 is 1.92 bits per heavy atom. The van der Waals surface area contributed by atoms with Crippen molar-refractivity contribution < 1.29 is 14.3 Å². The van der Waals surface area contributed by atoms with Crippen molar-refractivity contribution in [1.29, 1.82) is 0 Å². The van der Waals surface area contributed by atoms with Crippen molar-refractivity contribution in [2.45, 2.75) is 6.42 Å². The molecule has 3 rings (SSSR count). The average Bonchev–Trinajstić information content (AvgIpc) is 2.84. The van der Waals surface area contributed by atoms with Crippen LogP contribution >= 0.6 is 0 Å². The molecule has 2 amide bonds. The summed E-state index contributed by atoms with van der Waals surface area (Å²) < 4.78 is 5.13. The zero-order valence-corrected chi connectivity index (χ0v) is 13.4. The summed E-state index contributed by atoms with van der Waals surface area (Å²) in [4.78, 5) is 26.1. The van der Waals surface area contributed by atoms with Crippen LogP contribution in [0.25, 0.3) is 5.70 Å². The minimum atomic E-state index is -0.167. The molecule has 0 unspecified atom stereocenters. The first-order valence-electron chi connectivity index (χ1n) is 7.64. The summed E-state index contributed by atoms with van der Waals surface area (Å²) in [5.74, 6) is 0.399. The Kier molecular flexibility index (Phi) is 4.33. The lowest BCUT2D eigenvalue weighted by atomic mass is 10.1. The SMILES string of the molecule is C=C1c2ccccc2C(=O)N1CCC(=O)Nc1cccc(OC)c1. The summed E-state index contributed by atoms with van der Waals surface area (Å²) in [7, 11) is 1.57. The fourth-order valence-electron chi connectivity index (χ4n) is 2.71. The second-order valence-electron chi connectivity index (χ2n) is 5.48. The molecule has 5 nitrogen and oxygen atoms in total. The number of hydrogen-bond donors (Lipinski definition) is 1. The molecule has 1 heterocycles. The predicted molar refractivity (Wildman–Crippen MR) is 92.8 cm³/mol. The van der Waals surface area contributed by atoms with Crippen LogP contribution in [0.3, 0.4) is 0 Å². The molecule has 0 fully saturated rings. The van der Waals surface area contributed by atoms with Gasteiger partial charge in [-0.25, -0.2) is 0 Å². The van der Waals surface area contributed by atoms with E-state index < -0.39 is 0 Å². The molecule has 1 aliphatic rings. The molecule has 2 aromatic rings. The monoisotopic (exact) mass is 322 g/mol. The van der Waals surface area contributed by atoms with Gasteiger partial charge in [0.2, 0.25) is 5.91 Å². The van der Waals surface area contributed by atoms with Crippen molar-refractivity contribution in [3.63, 3.8) is 0 Å². The molecule has 0 spiro atoms. The smallest absolute Gasteiger partial charge is 0.258 e. The van der Waals surface area contributed by atoms with Gasteiger partial charge in [0.15, 0.2) is 0 Å². The molecule has 0 saturated heterocycles. The lowest BCUT2D eigenvalue weighted by molar-refractivity contribution is -0.116. The van der Waals surface area contributed by atoms with Gasteiger partial charge in [-0.05, 0) is 18.2 Å². The molecule has 2 aromatic carbocycles. The third-order valence-electron chi connectivity index (χ3n) is 3.96. The highest BCUT2D eigenvalue weighted by Gasteiger charge is 2.30. The van der Waals surface area contributed by atoms with Crippen LogP contribution in [0.4, 0.5) is 5.69 Å². The molecule has 1 N–H and O–H groups in total. The molecule has 24 heavy (non-hydrogen) atoms. The molecule has 0 aromatic heterocycles. The number of carbonyl (C=O) groups excluding carboxylic acids is 2. The van der Waals surface area contributed by atoms with Gasteiger partial charge >= 0.3 is 0 Å². The molecule has 1 aliphatic heterocycles. The van der Waals surface area contributed by atoms with E-state index >= 15 is 0 Å². The quantitative estimate of drug-likeness (QED) is 0.920. The van der Waals surface area contributed by atoms with E-state index in [0.29, 0.717) is 29.2 Å². The second kappa shape index (κ2) is 6.58. The van der Waals surface area contributed by atoms with Crippen LogP contribution in [0, 0.1) is 0 Å². The van der Waals surface area contributed by atoms with Gasteiger partial charge in [0, 0.05) is 41.5 Å². The third-order valence-corrected chi connectivity index (χ3v) is 3.96. The number of nitrogens with one attached hydrogen (secondary N) is 1. The van der Waals surface area contributed by atoms with Crippen molar-refractivity contribution in [1.82, 2.24) is 4.90 Å². The number of carbonyl (C=O) groups is 2. The standard InChI is InChI=1S/C19H18N2O3/c1-13-16-8-3-4-9-17(16)19(23)21(13)11-10-18(22)20-14-6-5-7-15(12-14)24-2/h3-9,12H,1,10-11H2,2H3,(H,20,22). The summed E-state index contributed by atoms with van der Waals surface area (Å²) in [6.45, 7) is 4.26. The highest BCUT2D eigenvalue weighted by atomic mass is 16.5. The van der Waals surface area contributed by atoms with E-state index in [9.17, 15) is 9.59 Å². The molecule has 0 aliphatic carbocycles. The van der Waals surface area contributed by atoms with E-state index in [1.165, 1.54) is 0 Å². The Hall–Kier alpha value is -3.08. The van der Waals surface area contributed by atoms with Crippen LogP contribution in [0.2, 0.25) is 0 Å². The Balaban J connectivity index is 1.61. The Morgan fingerprint density at radius 3 is 2.62 bits per heavy atom. The molecular weight excluding hydrogens is 304 g/mol. The maximum Gasteiger partial charge on any atom is 0.258 e. The molecule has 0 bridgehead atoms. The van der Waals surface area contributed by atoms with Crippen molar-refractivity contribution in [2.75, 3.05) is 19.0 Å². The van der Waals surface area contributed by atoms with Gasteiger partial charge < -0.3 is 15.0 Å². The van der Waals surface area contributed by atoms with Crippen LogP contribution in [0.5, 0.6) is 5.75 Å². The van der Waals surface area contributed by atoms with Crippen molar-refractivity contribution in [3.05, 3.63) is 66.2 Å². The third kappa shape index (κ3) is 3.01. The maximum absolute atomic E-state index is 12.4. The highest BCUT2D eigenvalue weighted by Crippen LogP contribution is 2.31. The van der Waals surface area contributed by atoms with Crippen LogP contribution in [0.1, 0.15) is 22.3 Å². The average molecular weight is 322 g/mol. The minimum absolute atomic E-state index is 0.107. The van der Waals surface area contributed by atoms with Gasteiger partial charge in [0.1, 0.15) is 5.75 Å². The van der Waals surface area contributed by atoms with Gasteiger partial charge in [0.05, 0.1) is 7.11 Å². The number of amides is 2. The van der Waals surface area contributed by atoms with E-state index in [4.69, 9.17) is 4.74 Å². The summed E-state index contributed by atoms with van der Waals surface area (Å²) in [6.07, 6.45) is 0.190. The van der Waals surface area contributed by atoms with Gasteiger partial charge in [0.25, 0.3) is 5.91 Å². The number of benzene rings is 2. The Labute approximate surface area is 140 Å². The zero-order valence-electron chi connectivity index (χ0n) is 13.4. The van der Waals surface area contributed by atoms with Crippen LogP contribution in [-0.4, -0.2) is 30.4 Å². The lowest BCUT2D eigenvalue weighted by Gasteiger charge is -2.17. The number of nitrogens with zero attached hydrogens (tertiary/aromatic N) is 1. The fourth-order valence-corrected chi connectivity index (χ4v) is 2.71. The van der Waals surface area contributed by atoms with Crippen molar-refractivity contribution >= 4 is 23.2 Å². The van der Waals surface area contributed by atoms with Crippen molar-refractivity contribution in [3.8, 4) is 5.75 Å². The largest absolute Gasteiger partial charge is 0.497 e. The number of hydrogen-bond acceptors (Lipinski definition) is 3. The highest BCUT2D eigenvalue weighted by molar-refractivity contribution is 6.09. The number of methoxy groups -OCH3 is 1. The topological polar surface area (TPSA) is 58.6 Å². The zero-order chi connectivity index (χ0) is 17.1. The normalized spacial score (nSPS) is 13.0. The maximum atomic E-state index is 12.4. The predicted octanol–water partition coefficient (Wildman–Crippen LogP) is 3.15. The first-order valence-corrected chi connectivity index (χ1v) is 7.64. The van der Waals surface area contributed by atoms with Crippen LogP contribution in [-0.2, 0) is 4.79 Å². The summed E-state index contributed by atoms with van der Waals surface area (Å²) in [5, 5.41) is 2.80. The minimum Gasteiger partial charge on any atom is -0.497 e. The van der Waals surface area contributed by atoms with Gasteiger partial charge in [-0.1, -0.05) is 30.8 Å². The van der Waals surface area contributed by atoms with E-state index in [1.807, 2.05) is 18.2 Å². The number of anilines is 1. The molecule has 5 heteroatoms. The Bertz CT molecular complexity index is 779. The number of fused-ring (bicyclic) bond motifs is 1. The van der Waals surface area contributed by atoms with E-state index in [2.05, 4.69) is 11.9 Å². The molecular formula is C19H18N2O3. The molecule has 0 atom stereocenters. The second-order valence-corrected chi connectivity index (χ2v) is 5.48. The molecule has 0 radical (unpaired) electrons. The summed E-state index contributed by atoms with van der Waals surface area (Å²) >= 11 is 0. The van der Waals surface area contributed by atoms with E-state index in [1.54, 1.807) is 42.3 Å². The molecule has 0 saturated carbocycles. The first kappa shape index (κ1) is 15.8. The Morgan fingerprint density at radius 1 is 1.17 bits per heavy atom. The van der Waals surface area contributed by atoms with E-state index in [-0.39, 0.29) is 18.2 Å². The first-order chi connectivity index (χ1) is 11.6. The molecule has 122 valence electrons.